The van der Waals surface area contributed by atoms with E-state index in [4.69, 9.17) is 4.42 Å². The van der Waals surface area contributed by atoms with Crippen molar-refractivity contribution in [2.45, 2.75) is 12.8 Å². The van der Waals surface area contributed by atoms with Crippen LogP contribution in [0.4, 0.5) is 0 Å². The van der Waals surface area contributed by atoms with Gasteiger partial charge in [0.1, 0.15) is 11.3 Å². The molecule has 43 heavy (non-hydrogen) atoms. The molecule has 0 saturated heterocycles. The molecular weight excluding hydrogens is 528 g/mol. The Morgan fingerprint density at radius 1 is 0.558 bits per heavy atom. The Morgan fingerprint density at radius 3 is 1.84 bits per heavy atom. The molecule has 5 nitrogen and oxygen atoms in total. The average molecular weight is 551 g/mol. The Bertz CT molecular complexity index is 2590. The van der Waals surface area contributed by atoms with Crippen molar-refractivity contribution in [3.63, 3.8) is 0 Å². The Morgan fingerprint density at radius 2 is 1.16 bits per heavy atom. The molecule has 0 unspecified atom stereocenters. The third-order valence-corrected chi connectivity index (χ3v) is 8.85. The minimum absolute atomic E-state index is 0.654. The Kier molecular flexibility index (Phi) is 4.80. The summed E-state index contributed by atoms with van der Waals surface area (Å²) in [6, 6.07) is 39.6. The number of hydrogen-bond acceptors (Lipinski definition) is 3. The molecule has 1 aliphatic rings. The van der Waals surface area contributed by atoms with Crippen molar-refractivity contribution in [3.05, 3.63) is 126 Å². The minimum Gasteiger partial charge on any atom is -0.460 e. The standard InChI is InChI=1S/C38H22N4O/c39-21-23-9-13-35-29(17-23)27-5-1-3-7-33(27)41(35)25-11-15-37-31(19-25)32-20-26(12-16-38(32)43-37)42-34-8-4-2-6-28(34)30-18-24(22-40)10-14-36(30)42/h1-11,13-15,17-20H,12,16H2. The zero-order chi connectivity index (χ0) is 28.7. The third-order valence-electron chi connectivity index (χ3n) is 8.85. The van der Waals surface area contributed by atoms with Gasteiger partial charge >= 0.3 is 0 Å². The second kappa shape index (κ2) is 8.73. The summed E-state index contributed by atoms with van der Waals surface area (Å²) in [5.41, 5.74) is 9.97. The fourth-order valence-corrected chi connectivity index (χ4v) is 6.97. The molecule has 3 aromatic heterocycles. The fourth-order valence-electron chi connectivity index (χ4n) is 6.97. The van der Waals surface area contributed by atoms with Crippen molar-refractivity contribution in [2.24, 2.45) is 0 Å². The summed E-state index contributed by atoms with van der Waals surface area (Å²) in [6.07, 6.45) is 3.94. The van der Waals surface area contributed by atoms with Crippen LogP contribution in [0.15, 0.2) is 108 Å². The maximum Gasteiger partial charge on any atom is 0.135 e. The van der Waals surface area contributed by atoms with Crippen LogP contribution in [-0.2, 0) is 6.42 Å². The smallest absolute Gasteiger partial charge is 0.135 e. The third kappa shape index (κ3) is 3.31. The lowest BCUT2D eigenvalue weighted by Gasteiger charge is -2.16. The van der Waals surface area contributed by atoms with E-state index in [0.29, 0.717) is 11.1 Å². The maximum absolute atomic E-state index is 9.55. The zero-order valence-corrected chi connectivity index (χ0v) is 23.0. The minimum atomic E-state index is 0.654. The molecule has 0 spiro atoms. The number of para-hydroxylation sites is 2. The number of hydrogen-bond donors (Lipinski definition) is 0. The van der Waals surface area contributed by atoms with Gasteiger partial charge in [0.15, 0.2) is 0 Å². The SMILES string of the molecule is N#Cc1ccc2c(c1)c1ccccc1n2C1=Cc2c(oc3ccc(-n4c5ccccc5c5cc(C#N)ccc54)cc23)CC1. The summed E-state index contributed by atoms with van der Waals surface area (Å²) in [6.45, 7) is 0. The van der Waals surface area contributed by atoms with E-state index < -0.39 is 0 Å². The van der Waals surface area contributed by atoms with Gasteiger partial charge in [-0.1, -0.05) is 36.4 Å². The molecular formula is C38H22N4O. The van der Waals surface area contributed by atoms with E-state index in [1.165, 1.54) is 5.70 Å². The first kappa shape index (κ1) is 23.6. The average Bonchev–Trinajstić information content (AvgIpc) is 3.71. The van der Waals surface area contributed by atoms with Gasteiger partial charge in [0.2, 0.25) is 0 Å². The van der Waals surface area contributed by atoms with Gasteiger partial charge in [-0.05, 0) is 79.2 Å². The van der Waals surface area contributed by atoms with E-state index in [1.54, 1.807) is 0 Å². The van der Waals surface area contributed by atoms with Gasteiger partial charge in [-0.3, -0.25) is 0 Å². The number of furan rings is 1. The van der Waals surface area contributed by atoms with Crippen LogP contribution in [0.5, 0.6) is 0 Å². The molecule has 3 heterocycles. The molecule has 0 N–H and O–H groups in total. The van der Waals surface area contributed by atoms with E-state index in [9.17, 15) is 10.5 Å². The van der Waals surface area contributed by atoms with E-state index in [2.05, 4.69) is 94.1 Å². The number of aromatic nitrogens is 2. The summed E-state index contributed by atoms with van der Waals surface area (Å²) < 4.78 is 11.0. The normalized spacial score (nSPS) is 13.0. The highest BCUT2D eigenvalue weighted by molar-refractivity contribution is 6.12. The highest BCUT2D eigenvalue weighted by Crippen LogP contribution is 2.41. The van der Waals surface area contributed by atoms with Crippen LogP contribution in [0, 0.1) is 22.7 Å². The lowest BCUT2D eigenvalue weighted by Crippen LogP contribution is -2.03. The van der Waals surface area contributed by atoms with E-state index in [1.807, 2.05) is 36.4 Å². The summed E-state index contributed by atoms with van der Waals surface area (Å²) in [7, 11) is 0. The van der Waals surface area contributed by atoms with Gasteiger partial charge in [-0.25, -0.2) is 0 Å². The van der Waals surface area contributed by atoms with Crippen LogP contribution < -0.4 is 0 Å². The van der Waals surface area contributed by atoms with Crippen molar-refractivity contribution in [3.8, 4) is 17.8 Å². The number of allylic oxidation sites excluding steroid dienone is 1. The summed E-state index contributed by atoms with van der Waals surface area (Å²) >= 11 is 0. The number of benzene rings is 5. The van der Waals surface area contributed by atoms with Gasteiger partial charge < -0.3 is 13.6 Å². The second-order valence-electron chi connectivity index (χ2n) is 11.1. The predicted molar refractivity (Wildman–Crippen MR) is 172 cm³/mol. The summed E-state index contributed by atoms with van der Waals surface area (Å²) in [5.74, 6) is 1.00. The van der Waals surface area contributed by atoms with Crippen LogP contribution in [0.3, 0.4) is 0 Å². The number of aryl methyl sites for hydroxylation is 1. The Hall–Kier alpha value is -6.04. The lowest BCUT2D eigenvalue weighted by atomic mass is 9.99. The fraction of sp³-hybridized carbons (Fsp3) is 0.0526. The lowest BCUT2D eigenvalue weighted by molar-refractivity contribution is 0.546. The van der Waals surface area contributed by atoms with Gasteiger partial charge in [0.25, 0.3) is 0 Å². The number of nitriles is 2. The van der Waals surface area contributed by atoms with Crippen LogP contribution >= 0.6 is 0 Å². The largest absolute Gasteiger partial charge is 0.460 e. The first-order valence-electron chi connectivity index (χ1n) is 14.4. The quantitative estimate of drug-likeness (QED) is 0.215. The van der Waals surface area contributed by atoms with Crippen molar-refractivity contribution in [1.82, 2.24) is 9.13 Å². The second-order valence-corrected chi connectivity index (χ2v) is 11.1. The number of fused-ring (bicyclic) bond motifs is 9. The molecule has 5 heteroatoms. The molecule has 0 aliphatic heterocycles. The summed E-state index contributed by atoms with van der Waals surface area (Å²) in [5, 5.41) is 24.6. The molecule has 0 amide bonds. The highest BCUT2D eigenvalue weighted by Gasteiger charge is 2.23. The van der Waals surface area contributed by atoms with Crippen LogP contribution in [0.25, 0.3) is 72.0 Å². The van der Waals surface area contributed by atoms with Crippen LogP contribution in [-0.4, -0.2) is 9.13 Å². The van der Waals surface area contributed by atoms with Crippen LogP contribution in [0.2, 0.25) is 0 Å². The summed E-state index contributed by atoms with van der Waals surface area (Å²) in [4.78, 5) is 0. The van der Waals surface area contributed by atoms with Gasteiger partial charge in [0, 0.05) is 50.3 Å². The Balaban J connectivity index is 1.27. The first-order chi connectivity index (χ1) is 21.2. The zero-order valence-electron chi connectivity index (χ0n) is 23.0. The van der Waals surface area contributed by atoms with Gasteiger partial charge in [-0.2, -0.15) is 10.5 Å². The van der Waals surface area contributed by atoms with Gasteiger partial charge in [0.05, 0.1) is 45.3 Å². The van der Waals surface area contributed by atoms with Crippen molar-refractivity contribution in [2.75, 3.05) is 0 Å². The van der Waals surface area contributed by atoms with Gasteiger partial charge in [-0.15, -0.1) is 0 Å². The van der Waals surface area contributed by atoms with E-state index in [-0.39, 0.29) is 0 Å². The molecule has 200 valence electrons. The van der Waals surface area contributed by atoms with E-state index >= 15 is 0 Å². The Labute approximate surface area is 246 Å². The molecule has 8 aromatic rings. The van der Waals surface area contributed by atoms with Crippen molar-refractivity contribution < 1.29 is 4.42 Å². The molecule has 0 bridgehead atoms. The molecule has 0 atom stereocenters. The molecule has 0 saturated carbocycles. The number of nitrogens with zero attached hydrogens (tertiary/aromatic N) is 4. The molecule has 1 aliphatic carbocycles. The molecule has 5 aromatic carbocycles. The van der Waals surface area contributed by atoms with E-state index in [0.717, 1.165) is 84.4 Å². The first-order valence-corrected chi connectivity index (χ1v) is 14.4. The maximum atomic E-state index is 9.55. The molecule has 9 rings (SSSR count). The predicted octanol–water partition coefficient (Wildman–Crippen LogP) is 9.33. The monoisotopic (exact) mass is 550 g/mol. The van der Waals surface area contributed by atoms with Crippen molar-refractivity contribution >= 4 is 66.4 Å². The molecule has 0 fully saturated rings. The van der Waals surface area contributed by atoms with Crippen molar-refractivity contribution in [1.29, 1.82) is 10.5 Å². The number of rotatable bonds is 2. The van der Waals surface area contributed by atoms with Crippen LogP contribution in [0.1, 0.15) is 28.9 Å². The topological polar surface area (TPSA) is 70.6 Å². The molecule has 0 radical (unpaired) electrons. The highest BCUT2D eigenvalue weighted by atomic mass is 16.3.